The van der Waals surface area contributed by atoms with Gasteiger partial charge in [0.05, 0.1) is 13.7 Å². The number of benzene rings is 1. The molecule has 0 fully saturated rings. The molecule has 1 aromatic rings. The highest BCUT2D eigenvalue weighted by Gasteiger charge is 2.19. The molecule has 0 saturated heterocycles. The predicted octanol–water partition coefficient (Wildman–Crippen LogP) is 1.27. The van der Waals surface area contributed by atoms with E-state index in [1.165, 1.54) is 19.2 Å². The summed E-state index contributed by atoms with van der Waals surface area (Å²) < 4.78 is 23.3. The van der Waals surface area contributed by atoms with Crippen LogP contribution in [0.3, 0.4) is 0 Å². The molecule has 0 radical (unpaired) electrons. The van der Waals surface area contributed by atoms with Gasteiger partial charge in [0.2, 0.25) is 0 Å². The molecule has 0 aromatic heterocycles. The molecule has 0 bridgehead atoms. The van der Waals surface area contributed by atoms with E-state index in [1.54, 1.807) is 13.0 Å². The van der Waals surface area contributed by atoms with Gasteiger partial charge >= 0.3 is 5.97 Å². The monoisotopic (exact) mass is 241 g/mol. The Morgan fingerprint density at radius 3 is 2.82 bits per heavy atom. The van der Waals surface area contributed by atoms with Gasteiger partial charge in [0.15, 0.2) is 0 Å². The first-order valence-electron chi connectivity index (χ1n) is 5.33. The Bertz CT molecular complexity index is 395. The van der Waals surface area contributed by atoms with Gasteiger partial charge in [0.25, 0.3) is 0 Å². The van der Waals surface area contributed by atoms with E-state index >= 15 is 0 Å². The highest BCUT2D eigenvalue weighted by atomic mass is 19.1. The number of methoxy groups -OCH3 is 1. The van der Waals surface area contributed by atoms with Crippen LogP contribution in [0.2, 0.25) is 0 Å². The van der Waals surface area contributed by atoms with Gasteiger partial charge in [-0.25, -0.2) is 4.39 Å². The first-order valence-corrected chi connectivity index (χ1v) is 5.33. The molecular weight excluding hydrogens is 225 g/mol. The van der Waals surface area contributed by atoms with Crippen molar-refractivity contribution in [3.05, 3.63) is 29.6 Å². The smallest absolute Gasteiger partial charge is 0.323 e. The van der Waals surface area contributed by atoms with Crippen molar-refractivity contribution < 1.29 is 18.7 Å². The molecule has 0 spiro atoms. The van der Waals surface area contributed by atoms with Gasteiger partial charge in [-0.15, -0.1) is 0 Å². The maximum Gasteiger partial charge on any atom is 0.323 e. The maximum absolute atomic E-state index is 13.6. The summed E-state index contributed by atoms with van der Waals surface area (Å²) in [6.45, 7) is 1.94. The third kappa shape index (κ3) is 3.42. The molecule has 1 rings (SSSR count). The van der Waals surface area contributed by atoms with Gasteiger partial charge in [-0.1, -0.05) is 6.07 Å². The molecule has 5 heteroatoms. The van der Waals surface area contributed by atoms with E-state index in [9.17, 15) is 9.18 Å². The van der Waals surface area contributed by atoms with Crippen molar-refractivity contribution in [2.45, 2.75) is 19.4 Å². The molecule has 94 valence electrons. The first-order chi connectivity index (χ1) is 8.10. The Morgan fingerprint density at radius 2 is 2.24 bits per heavy atom. The number of carbonyl (C=O) groups is 1. The number of hydrogen-bond donors (Lipinski definition) is 1. The van der Waals surface area contributed by atoms with E-state index < -0.39 is 17.8 Å². The predicted molar refractivity (Wildman–Crippen MR) is 61.3 cm³/mol. The summed E-state index contributed by atoms with van der Waals surface area (Å²) in [5.41, 5.74) is 5.92. The molecular formula is C12H16FNO3. The van der Waals surface area contributed by atoms with Gasteiger partial charge in [0, 0.05) is 12.0 Å². The van der Waals surface area contributed by atoms with Crippen LogP contribution in [0.4, 0.5) is 4.39 Å². The van der Waals surface area contributed by atoms with Crippen molar-refractivity contribution in [1.82, 2.24) is 0 Å². The Morgan fingerprint density at radius 1 is 1.53 bits per heavy atom. The number of carbonyl (C=O) groups excluding carboxylic acids is 1. The van der Waals surface area contributed by atoms with E-state index in [-0.39, 0.29) is 18.6 Å². The van der Waals surface area contributed by atoms with Gasteiger partial charge < -0.3 is 15.2 Å². The van der Waals surface area contributed by atoms with Crippen molar-refractivity contribution in [2.24, 2.45) is 5.73 Å². The van der Waals surface area contributed by atoms with Crippen LogP contribution in [0.15, 0.2) is 18.2 Å². The standard InChI is InChI=1S/C12H16FNO3/c1-3-17-12(15)10(14)7-8-9(13)5-4-6-11(8)16-2/h4-6,10H,3,7,14H2,1-2H3. The van der Waals surface area contributed by atoms with E-state index in [0.29, 0.717) is 5.75 Å². The molecule has 2 N–H and O–H groups in total. The zero-order valence-corrected chi connectivity index (χ0v) is 9.90. The fourth-order valence-corrected chi connectivity index (χ4v) is 1.48. The Kier molecular flexibility index (Phi) is 4.90. The van der Waals surface area contributed by atoms with Crippen LogP contribution in [0, 0.1) is 5.82 Å². The van der Waals surface area contributed by atoms with Crippen LogP contribution < -0.4 is 10.5 Å². The van der Waals surface area contributed by atoms with Crippen molar-refractivity contribution in [1.29, 1.82) is 0 Å². The largest absolute Gasteiger partial charge is 0.496 e. The lowest BCUT2D eigenvalue weighted by Gasteiger charge is -2.13. The van der Waals surface area contributed by atoms with Crippen LogP contribution in [-0.4, -0.2) is 25.7 Å². The van der Waals surface area contributed by atoms with Crippen LogP contribution in [0.5, 0.6) is 5.75 Å². The van der Waals surface area contributed by atoms with Crippen molar-refractivity contribution >= 4 is 5.97 Å². The summed E-state index contributed by atoms with van der Waals surface area (Å²) >= 11 is 0. The Hall–Kier alpha value is -1.62. The third-order valence-corrected chi connectivity index (χ3v) is 2.31. The number of ether oxygens (including phenoxy) is 2. The van der Waals surface area contributed by atoms with E-state index in [1.807, 2.05) is 0 Å². The van der Waals surface area contributed by atoms with Crippen LogP contribution in [0.25, 0.3) is 0 Å². The Balaban J connectivity index is 2.83. The topological polar surface area (TPSA) is 61.5 Å². The molecule has 1 atom stereocenters. The second kappa shape index (κ2) is 6.20. The average molecular weight is 241 g/mol. The minimum atomic E-state index is -0.888. The maximum atomic E-state index is 13.6. The van der Waals surface area contributed by atoms with E-state index in [4.69, 9.17) is 15.2 Å². The summed E-state index contributed by atoms with van der Waals surface area (Å²) in [6, 6.07) is 3.57. The number of nitrogens with two attached hydrogens (primary N) is 1. The van der Waals surface area contributed by atoms with Gasteiger partial charge in [0.1, 0.15) is 17.6 Å². The van der Waals surface area contributed by atoms with E-state index in [2.05, 4.69) is 0 Å². The summed E-state index contributed by atoms with van der Waals surface area (Å²) in [5, 5.41) is 0. The molecule has 0 amide bonds. The molecule has 0 aliphatic rings. The second-order valence-corrected chi connectivity index (χ2v) is 3.48. The quantitative estimate of drug-likeness (QED) is 0.788. The number of hydrogen-bond acceptors (Lipinski definition) is 4. The first kappa shape index (κ1) is 13.4. The zero-order valence-electron chi connectivity index (χ0n) is 9.90. The normalized spacial score (nSPS) is 12.0. The summed E-state index contributed by atoms with van der Waals surface area (Å²) in [6.07, 6.45) is 0.0503. The summed E-state index contributed by atoms with van der Waals surface area (Å²) in [5.74, 6) is -0.605. The van der Waals surface area contributed by atoms with Gasteiger partial charge in [-0.05, 0) is 19.1 Å². The molecule has 0 heterocycles. The summed E-state index contributed by atoms with van der Waals surface area (Å²) in [7, 11) is 1.44. The number of halogens is 1. The minimum Gasteiger partial charge on any atom is -0.496 e. The fourth-order valence-electron chi connectivity index (χ4n) is 1.48. The fraction of sp³-hybridized carbons (Fsp3) is 0.417. The molecule has 4 nitrogen and oxygen atoms in total. The molecule has 1 unspecified atom stereocenters. The highest BCUT2D eigenvalue weighted by molar-refractivity contribution is 5.76. The molecule has 0 aliphatic carbocycles. The molecule has 0 saturated carbocycles. The molecule has 17 heavy (non-hydrogen) atoms. The van der Waals surface area contributed by atoms with Crippen LogP contribution in [-0.2, 0) is 16.0 Å². The van der Waals surface area contributed by atoms with Crippen LogP contribution >= 0.6 is 0 Å². The second-order valence-electron chi connectivity index (χ2n) is 3.48. The number of rotatable bonds is 5. The SMILES string of the molecule is CCOC(=O)C(N)Cc1c(F)cccc1OC. The molecule has 0 aliphatic heterocycles. The lowest BCUT2D eigenvalue weighted by atomic mass is 10.0. The van der Waals surface area contributed by atoms with Gasteiger partial charge in [-0.3, -0.25) is 4.79 Å². The summed E-state index contributed by atoms with van der Waals surface area (Å²) in [4.78, 5) is 11.3. The third-order valence-electron chi connectivity index (χ3n) is 2.31. The minimum absolute atomic E-state index is 0.0503. The lowest BCUT2D eigenvalue weighted by Crippen LogP contribution is -2.34. The average Bonchev–Trinajstić information content (AvgIpc) is 2.31. The van der Waals surface area contributed by atoms with Crippen molar-refractivity contribution in [3.63, 3.8) is 0 Å². The van der Waals surface area contributed by atoms with E-state index in [0.717, 1.165) is 0 Å². The van der Waals surface area contributed by atoms with Gasteiger partial charge in [-0.2, -0.15) is 0 Å². The van der Waals surface area contributed by atoms with Crippen molar-refractivity contribution in [2.75, 3.05) is 13.7 Å². The Labute approximate surface area is 99.5 Å². The zero-order chi connectivity index (χ0) is 12.8. The number of esters is 1. The molecule has 1 aromatic carbocycles. The lowest BCUT2D eigenvalue weighted by molar-refractivity contribution is -0.144. The highest BCUT2D eigenvalue weighted by Crippen LogP contribution is 2.22. The van der Waals surface area contributed by atoms with Crippen LogP contribution in [0.1, 0.15) is 12.5 Å². The van der Waals surface area contributed by atoms with Crippen molar-refractivity contribution in [3.8, 4) is 5.75 Å².